The fourth-order valence-electron chi connectivity index (χ4n) is 2.04. The van der Waals surface area contributed by atoms with Gasteiger partial charge in [-0.25, -0.2) is 0 Å². The fraction of sp³-hybridized carbons (Fsp3) is 0. The standard InChI is InChI=1S/C19H14BrNOS/c20-15-8-6-14(7-9-15)19(22)21-16-10-12-18(13-11-16)23-17-4-2-1-3-5-17/h1-13H,(H,21,22). The molecule has 114 valence electrons. The largest absolute Gasteiger partial charge is 0.322 e. The lowest BCUT2D eigenvalue weighted by Gasteiger charge is -2.07. The number of carbonyl (C=O) groups excluding carboxylic acids is 1. The molecule has 0 aliphatic rings. The summed E-state index contributed by atoms with van der Waals surface area (Å²) in [6.45, 7) is 0. The summed E-state index contributed by atoms with van der Waals surface area (Å²) in [6, 6.07) is 25.4. The first-order valence-electron chi connectivity index (χ1n) is 7.10. The van der Waals surface area contributed by atoms with Crippen molar-refractivity contribution in [3.8, 4) is 0 Å². The minimum absolute atomic E-state index is 0.110. The lowest BCUT2D eigenvalue weighted by atomic mass is 10.2. The Bertz CT molecular complexity index is 786. The van der Waals surface area contributed by atoms with E-state index >= 15 is 0 Å². The van der Waals surface area contributed by atoms with Crippen LogP contribution in [0.2, 0.25) is 0 Å². The number of halogens is 1. The van der Waals surface area contributed by atoms with Crippen molar-refractivity contribution in [3.05, 3.63) is 88.9 Å². The first-order chi connectivity index (χ1) is 11.2. The Morgan fingerprint density at radius 1 is 0.783 bits per heavy atom. The third-order valence-corrected chi connectivity index (χ3v) is 4.74. The summed E-state index contributed by atoms with van der Waals surface area (Å²) in [7, 11) is 0. The van der Waals surface area contributed by atoms with E-state index in [1.807, 2.05) is 54.6 Å². The molecule has 0 spiro atoms. The molecule has 4 heteroatoms. The van der Waals surface area contributed by atoms with E-state index in [1.165, 1.54) is 4.90 Å². The highest BCUT2D eigenvalue weighted by Gasteiger charge is 2.06. The van der Waals surface area contributed by atoms with Crippen LogP contribution < -0.4 is 5.32 Å². The summed E-state index contributed by atoms with van der Waals surface area (Å²) in [5.74, 6) is -0.110. The number of carbonyl (C=O) groups is 1. The molecule has 1 N–H and O–H groups in total. The number of nitrogens with one attached hydrogen (secondary N) is 1. The molecule has 23 heavy (non-hydrogen) atoms. The molecule has 2 nitrogen and oxygen atoms in total. The zero-order valence-corrected chi connectivity index (χ0v) is 14.6. The predicted octanol–water partition coefficient (Wildman–Crippen LogP) is 5.85. The molecule has 0 heterocycles. The Hall–Kier alpha value is -2.04. The van der Waals surface area contributed by atoms with Crippen LogP contribution >= 0.6 is 27.7 Å². The van der Waals surface area contributed by atoms with E-state index in [4.69, 9.17) is 0 Å². The molecule has 0 atom stereocenters. The van der Waals surface area contributed by atoms with Gasteiger partial charge < -0.3 is 5.32 Å². The number of hydrogen-bond acceptors (Lipinski definition) is 2. The molecular formula is C19H14BrNOS. The third kappa shape index (κ3) is 4.47. The first kappa shape index (κ1) is 15.8. The van der Waals surface area contributed by atoms with Crippen LogP contribution in [-0.2, 0) is 0 Å². The Morgan fingerprint density at radius 3 is 2.04 bits per heavy atom. The fourth-order valence-corrected chi connectivity index (χ4v) is 3.14. The minimum Gasteiger partial charge on any atom is -0.322 e. The monoisotopic (exact) mass is 383 g/mol. The molecule has 0 saturated heterocycles. The summed E-state index contributed by atoms with van der Waals surface area (Å²) in [6.07, 6.45) is 0. The summed E-state index contributed by atoms with van der Waals surface area (Å²) >= 11 is 5.06. The summed E-state index contributed by atoms with van der Waals surface area (Å²) in [5, 5.41) is 2.91. The van der Waals surface area contributed by atoms with Gasteiger partial charge in [0.15, 0.2) is 0 Å². The van der Waals surface area contributed by atoms with Gasteiger partial charge in [-0.3, -0.25) is 4.79 Å². The van der Waals surface area contributed by atoms with Gasteiger partial charge in [-0.1, -0.05) is 45.9 Å². The van der Waals surface area contributed by atoms with Crippen molar-refractivity contribution in [2.75, 3.05) is 5.32 Å². The van der Waals surface area contributed by atoms with Crippen LogP contribution in [0.15, 0.2) is 93.1 Å². The Balaban J connectivity index is 1.65. The van der Waals surface area contributed by atoms with Crippen molar-refractivity contribution in [1.29, 1.82) is 0 Å². The molecule has 3 aromatic carbocycles. The van der Waals surface area contributed by atoms with Crippen LogP contribution in [0.25, 0.3) is 0 Å². The van der Waals surface area contributed by atoms with Gasteiger partial charge in [0.2, 0.25) is 0 Å². The molecule has 1 amide bonds. The van der Waals surface area contributed by atoms with E-state index in [2.05, 4.69) is 33.4 Å². The number of benzene rings is 3. The highest BCUT2D eigenvalue weighted by molar-refractivity contribution is 9.10. The van der Waals surface area contributed by atoms with Crippen LogP contribution in [0.4, 0.5) is 5.69 Å². The molecule has 0 radical (unpaired) electrons. The number of hydrogen-bond donors (Lipinski definition) is 1. The second-order valence-electron chi connectivity index (χ2n) is 4.90. The molecule has 0 bridgehead atoms. The molecule has 0 unspecified atom stereocenters. The zero-order chi connectivity index (χ0) is 16.1. The van der Waals surface area contributed by atoms with E-state index in [-0.39, 0.29) is 5.91 Å². The van der Waals surface area contributed by atoms with Crippen LogP contribution in [0.1, 0.15) is 10.4 Å². The first-order valence-corrected chi connectivity index (χ1v) is 8.71. The highest BCUT2D eigenvalue weighted by Crippen LogP contribution is 2.28. The van der Waals surface area contributed by atoms with Crippen molar-refractivity contribution in [2.45, 2.75) is 9.79 Å². The molecule has 0 saturated carbocycles. The van der Waals surface area contributed by atoms with E-state index in [1.54, 1.807) is 23.9 Å². The molecule has 3 aromatic rings. The van der Waals surface area contributed by atoms with Crippen LogP contribution in [0, 0.1) is 0 Å². The molecule has 3 rings (SSSR count). The molecule has 0 aliphatic heterocycles. The number of amides is 1. The van der Waals surface area contributed by atoms with Gasteiger partial charge in [-0.05, 0) is 60.7 Å². The second-order valence-corrected chi connectivity index (χ2v) is 6.96. The lowest BCUT2D eigenvalue weighted by molar-refractivity contribution is 0.102. The van der Waals surface area contributed by atoms with Crippen molar-refractivity contribution in [2.24, 2.45) is 0 Å². The van der Waals surface area contributed by atoms with E-state index in [9.17, 15) is 4.79 Å². The van der Waals surface area contributed by atoms with Gasteiger partial charge in [0, 0.05) is 25.5 Å². The van der Waals surface area contributed by atoms with Crippen molar-refractivity contribution in [1.82, 2.24) is 0 Å². The zero-order valence-electron chi connectivity index (χ0n) is 12.2. The van der Waals surface area contributed by atoms with Crippen LogP contribution in [0.5, 0.6) is 0 Å². The molecule has 0 aliphatic carbocycles. The Morgan fingerprint density at radius 2 is 1.39 bits per heavy atom. The normalized spacial score (nSPS) is 10.3. The summed E-state index contributed by atoms with van der Waals surface area (Å²) < 4.78 is 0.955. The maximum Gasteiger partial charge on any atom is 0.255 e. The van der Waals surface area contributed by atoms with Gasteiger partial charge in [0.25, 0.3) is 5.91 Å². The van der Waals surface area contributed by atoms with Crippen LogP contribution in [-0.4, -0.2) is 5.91 Å². The van der Waals surface area contributed by atoms with Crippen molar-refractivity contribution >= 4 is 39.3 Å². The van der Waals surface area contributed by atoms with Gasteiger partial charge in [-0.2, -0.15) is 0 Å². The predicted molar refractivity (Wildman–Crippen MR) is 99.1 cm³/mol. The van der Waals surface area contributed by atoms with E-state index in [0.29, 0.717) is 5.56 Å². The third-order valence-electron chi connectivity index (χ3n) is 3.20. The number of rotatable bonds is 4. The number of anilines is 1. The molecule has 0 aromatic heterocycles. The Labute approximate surface area is 148 Å². The highest BCUT2D eigenvalue weighted by atomic mass is 79.9. The van der Waals surface area contributed by atoms with Crippen LogP contribution in [0.3, 0.4) is 0 Å². The van der Waals surface area contributed by atoms with E-state index < -0.39 is 0 Å². The maximum absolute atomic E-state index is 12.2. The van der Waals surface area contributed by atoms with Crippen molar-refractivity contribution in [3.63, 3.8) is 0 Å². The van der Waals surface area contributed by atoms with Gasteiger partial charge in [0.1, 0.15) is 0 Å². The smallest absolute Gasteiger partial charge is 0.255 e. The topological polar surface area (TPSA) is 29.1 Å². The average molecular weight is 384 g/mol. The Kier molecular flexibility index (Phi) is 5.16. The van der Waals surface area contributed by atoms with E-state index in [0.717, 1.165) is 15.1 Å². The lowest BCUT2D eigenvalue weighted by Crippen LogP contribution is -2.11. The molecular weight excluding hydrogens is 370 g/mol. The maximum atomic E-state index is 12.2. The van der Waals surface area contributed by atoms with Crippen molar-refractivity contribution < 1.29 is 4.79 Å². The summed E-state index contributed by atoms with van der Waals surface area (Å²) in [4.78, 5) is 14.5. The SMILES string of the molecule is O=C(Nc1ccc(Sc2ccccc2)cc1)c1ccc(Br)cc1. The van der Waals surface area contributed by atoms with Gasteiger partial charge in [-0.15, -0.1) is 0 Å². The average Bonchev–Trinajstić information content (AvgIpc) is 2.58. The summed E-state index contributed by atoms with van der Waals surface area (Å²) in [5.41, 5.74) is 1.42. The minimum atomic E-state index is -0.110. The second kappa shape index (κ2) is 7.49. The van der Waals surface area contributed by atoms with Gasteiger partial charge >= 0.3 is 0 Å². The quantitative estimate of drug-likeness (QED) is 0.611. The molecule has 0 fully saturated rings. The van der Waals surface area contributed by atoms with Gasteiger partial charge in [0.05, 0.1) is 0 Å².